The van der Waals surface area contributed by atoms with Crippen LogP contribution < -0.4 is 4.74 Å². The summed E-state index contributed by atoms with van der Waals surface area (Å²) in [5.41, 5.74) is 3.14. The van der Waals surface area contributed by atoms with Crippen LogP contribution in [0.1, 0.15) is 29.7 Å². The minimum absolute atomic E-state index is 0.0235. The predicted molar refractivity (Wildman–Crippen MR) is 121 cm³/mol. The monoisotopic (exact) mass is 459 g/mol. The molecule has 2 aromatic carbocycles. The maximum absolute atomic E-state index is 13.2. The first-order chi connectivity index (χ1) is 14.8. The molecule has 0 saturated carbocycles. The summed E-state index contributed by atoms with van der Waals surface area (Å²) < 4.78 is 33.3. The summed E-state index contributed by atoms with van der Waals surface area (Å²) in [5, 5.41) is 10.1. The summed E-state index contributed by atoms with van der Waals surface area (Å²) in [5.74, 6) is -0.205. The van der Waals surface area contributed by atoms with Gasteiger partial charge in [-0.25, -0.2) is 12.4 Å². The lowest BCUT2D eigenvalue weighted by atomic mass is 10.1. The minimum atomic E-state index is -3.70. The Labute approximate surface area is 185 Å². The molecule has 0 spiro atoms. The average Bonchev–Trinajstić information content (AvgIpc) is 3.31. The summed E-state index contributed by atoms with van der Waals surface area (Å²) in [6.07, 6.45) is 4.95. The smallest absolute Gasteiger partial charge is 0.303 e. The van der Waals surface area contributed by atoms with Gasteiger partial charge in [0.25, 0.3) is 0 Å². The first kappa shape index (κ1) is 21.5. The van der Waals surface area contributed by atoms with Crippen molar-refractivity contribution in [2.75, 3.05) is 12.4 Å². The van der Waals surface area contributed by atoms with Crippen LogP contribution in [-0.4, -0.2) is 35.8 Å². The zero-order valence-corrected chi connectivity index (χ0v) is 18.3. The van der Waals surface area contributed by atoms with Crippen molar-refractivity contribution in [2.24, 2.45) is 0 Å². The van der Waals surface area contributed by atoms with E-state index in [1.807, 2.05) is 18.2 Å². The Kier molecular flexibility index (Phi) is 6.07. The average molecular weight is 460 g/mol. The first-order valence-electron chi connectivity index (χ1n) is 10.0. The number of aliphatic carboxylic acids is 1. The third-order valence-electron chi connectivity index (χ3n) is 5.22. The van der Waals surface area contributed by atoms with E-state index in [1.54, 1.807) is 36.4 Å². The standard InChI is InChI=1S/C23H22ClNO5S/c24-19-7-8-21-18(14-19)15-20(4-1-5-23(26)27)25(21)31(28,29)12-2-3-16-6-9-22-17(13-16)10-11-30-22/h2-3,6-9,13-15H,1,4-5,10-12H2,(H,26,27). The molecule has 162 valence electrons. The molecule has 0 amide bonds. The molecule has 6 nitrogen and oxygen atoms in total. The van der Waals surface area contributed by atoms with Crippen molar-refractivity contribution in [1.29, 1.82) is 0 Å². The zero-order chi connectivity index (χ0) is 22.0. The van der Waals surface area contributed by atoms with Crippen LogP contribution in [0.25, 0.3) is 17.0 Å². The maximum Gasteiger partial charge on any atom is 0.303 e. The SMILES string of the molecule is O=C(O)CCCc1cc2cc(Cl)ccc2n1S(=O)(=O)CC=Cc1ccc2c(c1)CCO2. The summed E-state index contributed by atoms with van der Waals surface area (Å²) in [4.78, 5) is 10.9. The fourth-order valence-electron chi connectivity index (χ4n) is 3.83. The first-order valence-corrected chi connectivity index (χ1v) is 12.0. The van der Waals surface area contributed by atoms with E-state index in [9.17, 15) is 13.2 Å². The van der Waals surface area contributed by atoms with Crippen LogP contribution in [0, 0.1) is 0 Å². The Morgan fingerprint density at radius 2 is 2.03 bits per heavy atom. The number of benzene rings is 2. The number of rotatable bonds is 8. The number of hydrogen-bond donors (Lipinski definition) is 1. The number of carbonyl (C=O) groups is 1. The number of aryl methyl sites for hydroxylation is 1. The van der Waals surface area contributed by atoms with Crippen molar-refractivity contribution >= 4 is 44.6 Å². The molecule has 0 saturated heterocycles. The van der Waals surface area contributed by atoms with E-state index >= 15 is 0 Å². The molecule has 0 aliphatic carbocycles. The second-order valence-corrected chi connectivity index (χ2v) is 9.80. The van der Waals surface area contributed by atoms with Crippen molar-refractivity contribution in [3.63, 3.8) is 0 Å². The normalized spacial score (nSPS) is 13.6. The summed E-state index contributed by atoms with van der Waals surface area (Å²) in [6.45, 7) is 0.673. The molecule has 8 heteroatoms. The number of hydrogen-bond acceptors (Lipinski definition) is 4. The highest BCUT2D eigenvalue weighted by Crippen LogP contribution is 2.28. The van der Waals surface area contributed by atoms with E-state index in [-0.39, 0.29) is 12.2 Å². The maximum atomic E-state index is 13.2. The topological polar surface area (TPSA) is 85.6 Å². The van der Waals surface area contributed by atoms with Crippen molar-refractivity contribution < 1.29 is 23.1 Å². The van der Waals surface area contributed by atoms with E-state index in [0.717, 1.165) is 23.3 Å². The molecule has 1 aromatic heterocycles. The van der Waals surface area contributed by atoms with E-state index in [1.165, 1.54) is 3.97 Å². The largest absolute Gasteiger partial charge is 0.493 e. The lowest BCUT2D eigenvalue weighted by Gasteiger charge is -2.10. The zero-order valence-electron chi connectivity index (χ0n) is 16.8. The van der Waals surface area contributed by atoms with Crippen molar-refractivity contribution in [3.05, 3.63) is 70.4 Å². The van der Waals surface area contributed by atoms with E-state index in [2.05, 4.69) is 0 Å². The summed E-state index contributed by atoms with van der Waals surface area (Å²) >= 11 is 6.08. The molecule has 4 rings (SSSR count). The molecule has 31 heavy (non-hydrogen) atoms. The van der Waals surface area contributed by atoms with Gasteiger partial charge in [-0.15, -0.1) is 0 Å². The molecule has 1 N–H and O–H groups in total. The predicted octanol–water partition coefficient (Wildman–Crippen LogP) is 4.53. The van der Waals surface area contributed by atoms with Crippen molar-refractivity contribution in [1.82, 2.24) is 3.97 Å². The van der Waals surface area contributed by atoms with Gasteiger partial charge in [0, 0.05) is 28.9 Å². The second kappa shape index (κ2) is 8.77. The number of nitrogens with zero attached hydrogens (tertiary/aromatic N) is 1. The van der Waals surface area contributed by atoms with Gasteiger partial charge < -0.3 is 9.84 Å². The fourth-order valence-corrected chi connectivity index (χ4v) is 5.47. The van der Waals surface area contributed by atoms with Gasteiger partial charge in [-0.1, -0.05) is 29.8 Å². The molecular weight excluding hydrogens is 438 g/mol. The third-order valence-corrected chi connectivity index (χ3v) is 7.06. The van der Waals surface area contributed by atoms with Crippen LogP contribution in [-0.2, 0) is 27.7 Å². The Balaban J connectivity index is 1.61. The molecular formula is C23H22ClNO5S. The van der Waals surface area contributed by atoms with Crippen LogP contribution in [0.15, 0.2) is 48.5 Å². The van der Waals surface area contributed by atoms with Gasteiger partial charge in [-0.2, -0.15) is 0 Å². The molecule has 0 unspecified atom stereocenters. The van der Waals surface area contributed by atoms with Gasteiger partial charge >= 0.3 is 5.97 Å². The lowest BCUT2D eigenvalue weighted by Crippen LogP contribution is -2.18. The molecule has 1 aliphatic rings. The number of carboxylic acids is 1. The lowest BCUT2D eigenvalue weighted by molar-refractivity contribution is -0.137. The van der Waals surface area contributed by atoms with Crippen molar-refractivity contribution in [2.45, 2.75) is 25.7 Å². The number of ether oxygens (including phenoxy) is 1. The Hall–Kier alpha value is -2.77. The number of halogens is 1. The molecule has 0 atom stereocenters. The van der Waals surface area contributed by atoms with E-state index in [4.69, 9.17) is 21.4 Å². The van der Waals surface area contributed by atoms with Gasteiger partial charge in [0.2, 0.25) is 10.0 Å². The van der Waals surface area contributed by atoms with Crippen molar-refractivity contribution in [3.8, 4) is 5.75 Å². The number of fused-ring (bicyclic) bond motifs is 2. The Morgan fingerprint density at radius 3 is 2.84 bits per heavy atom. The van der Waals surface area contributed by atoms with Crippen LogP contribution in [0.4, 0.5) is 0 Å². The van der Waals surface area contributed by atoms with Gasteiger partial charge in [0.05, 0.1) is 17.9 Å². The highest BCUT2D eigenvalue weighted by Gasteiger charge is 2.20. The van der Waals surface area contributed by atoms with Gasteiger partial charge in [-0.3, -0.25) is 4.79 Å². The second-order valence-electron chi connectivity index (χ2n) is 7.50. The van der Waals surface area contributed by atoms with E-state index in [0.29, 0.717) is 41.1 Å². The fraction of sp³-hybridized carbons (Fsp3) is 0.261. The number of aromatic nitrogens is 1. The summed E-state index contributed by atoms with van der Waals surface area (Å²) in [7, 11) is -3.70. The van der Waals surface area contributed by atoms with Gasteiger partial charge in [-0.05, 0) is 60.4 Å². The van der Waals surface area contributed by atoms with Gasteiger partial charge in [0.15, 0.2) is 0 Å². The van der Waals surface area contributed by atoms with E-state index < -0.39 is 16.0 Å². The molecule has 0 bridgehead atoms. The molecule has 0 fully saturated rings. The van der Waals surface area contributed by atoms with Crippen LogP contribution in [0.2, 0.25) is 5.02 Å². The number of carboxylic acid groups (broad SMARTS) is 1. The molecule has 3 aromatic rings. The highest BCUT2D eigenvalue weighted by molar-refractivity contribution is 7.90. The summed E-state index contributed by atoms with van der Waals surface area (Å²) in [6, 6.07) is 12.6. The van der Waals surface area contributed by atoms with Crippen LogP contribution in [0.5, 0.6) is 5.75 Å². The molecule has 0 radical (unpaired) electrons. The molecule has 2 heterocycles. The highest BCUT2D eigenvalue weighted by atomic mass is 35.5. The Morgan fingerprint density at radius 1 is 1.19 bits per heavy atom. The quantitative estimate of drug-likeness (QED) is 0.535. The van der Waals surface area contributed by atoms with Gasteiger partial charge in [0.1, 0.15) is 5.75 Å². The van der Waals surface area contributed by atoms with Crippen LogP contribution >= 0.6 is 11.6 Å². The Bertz CT molecular complexity index is 1280. The minimum Gasteiger partial charge on any atom is -0.493 e. The molecule has 1 aliphatic heterocycles. The third kappa shape index (κ3) is 4.78. The van der Waals surface area contributed by atoms with Crippen LogP contribution in [0.3, 0.4) is 0 Å².